The summed E-state index contributed by atoms with van der Waals surface area (Å²) in [5, 5.41) is 3.40. The summed E-state index contributed by atoms with van der Waals surface area (Å²) in [6, 6.07) is 7.66. The predicted molar refractivity (Wildman–Crippen MR) is 80.8 cm³/mol. The maximum atomic E-state index is 12.3. The number of rotatable bonds is 2. The molecule has 0 saturated carbocycles. The Morgan fingerprint density at radius 2 is 2.24 bits per heavy atom. The highest BCUT2D eigenvalue weighted by molar-refractivity contribution is 5.95. The van der Waals surface area contributed by atoms with E-state index in [1.807, 2.05) is 29.2 Å². The number of nitrogens with one attached hydrogen (secondary N) is 1. The molecule has 5 nitrogen and oxygen atoms in total. The maximum absolute atomic E-state index is 12.3. The summed E-state index contributed by atoms with van der Waals surface area (Å²) >= 11 is 0. The molecule has 0 bridgehead atoms. The Morgan fingerprint density at radius 3 is 3.10 bits per heavy atom. The van der Waals surface area contributed by atoms with Crippen LogP contribution in [0, 0.1) is 0 Å². The van der Waals surface area contributed by atoms with Gasteiger partial charge in [-0.05, 0) is 44.5 Å². The number of methoxy groups -OCH3 is 1. The lowest BCUT2D eigenvalue weighted by atomic mass is 9.92. The Kier molecular flexibility index (Phi) is 4.12. The van der Waals surface area contributed by atoms with Crippen molar-refractivity contribution >= 4 is 11.6 Å². The number of carbonyl (C=O) groups excluding carboxylic acids is 1. The summed E-state index contributed by atoms with van der Waals surface area (Å²) in [4.78, 5) is 14.1. The highest BCUT2D eigenvalue weighted by atomic mass is 16.5. The van der Waals surface area contributed by atoms with Crippen LogP contribution in [0.4, 0.5) is 5.69 Å². The van der Waals surface area contributed by atoms with Crippen molar-refractivity contribution in [3.05, 3.63) is 24.3 Å². The van der Waals surface area contributed by atoms with Gasteiger partial charge in [0.25, 0.3) is 5.91 Å². The molecule has 1 unspecified atom stereocenters. The lowest BCUT2D eigenvalue weighted by Gasteiger charge is -2.42. The SMILES string of the molecule is COc1cccc(N2CC3(CCCNCC3)OCC2=O)c1. The zero-order chi connectivity index (χ0) is 14.7. The number of carbonyl (C=O) groups is 1. The molecule has 114 valence electrons. The van der Waals surface area contributed by atoms with E-state index < -0.39 is 0 Å². The molecule has 1 spiro atoms. The largest absolute Gasteiger partial charge is 0.497 e. The smallest absolute Gasteiger partial charge is 0.253 e. The molecule has 0 radical (unpaired) electrons. The van der Waals surface area contributed by atoms with Gasteiger partial charge in [-0.1, -0.05) is 6.07 Å². The van der Waals surface area contributed by atoms with Gasteiger partial charge in [-0.25, -0.2) is 0 Å². The van der Waals surface area contributed by atoms with Crippen LogP contribution in [0.1, 0.15) is 19.3 Å². The van der Waals surface area contributed by atoms with Crippen molar-refractivity contribution in [2.24, 2.45) is 0 Å². The Labute approximate surface area is 125 Å². The first-order chi connectivity index (χ1) is 10.2. The second-order valence-electron chi connectivity index (χ2n) is 5.76. The summed E-state index contributed by atoms with van der Waals surface area (Å²) in [7, 11) is 1.64. The third-order valence-electron chi connectivity index (χ3n) is 4.36. The van der Waals surface area contributed by atoms with E-state index in [2.05, 4.69) is 5.32 Å². The second-order valence-corrected chi connectivity index (χ2v) is 5.76. The van der Waals surface area contributed by atoms with E-state index in [4.69, 9.17) is 9.47 Å². The maximum Gasteiger partial charge on any atom is 0.253 e. The van der Waals surface area contributed by atoms with Crippen molar-refractivity contribution in [2.75, 3.05) is 38.3 Å². The quantitative estimate of drug-likeness (QED) is 0.898. The van der Waals surface area contributed by atoms with E-state index >= 15 is 0 Å². The van der Waals surface area contributed by atoms with Gasteiger partial charge in [-0.3, -0.25) is 4.79 Å². The molecule has 21 heavy (non-hydrogen) atoms. The van der Waals surface area contributed by atoms with Crippen LogP contribution in [0.25, 0.3) is 0 Å². The normalized spacial score (nSPS) is 26.7. The van der Waals surface area contributed by atoms with Crippen LogP contribution >= 0.6 is 0 Å². The molecule has 1 aromatic rings. The van der Waals surface area contributed by atoms with Crippen molar-refractivity contribution in [2.45, 2.75) is 24.9 Å². The second kappa shape index (κ2) is 6.03. The van der Waals surface area contributed by atoms with E-state index in [1.165, 1.54) is 0 Å². The van der Waals surface area contributed by atoms with Crippen LogP contribution < -0.4 is 15.0 Å². The molecule has 1 atom stereocenters. The molecular weight excluding hydrogens is 268 g/mol. The highest BCUT2D eigenvalue weighted by Gasteiger charge is 2.40. The first-order valence-corrected chi connectivity index (χ1v) is 7.52. The number of nitrogens with zero attached hydrogens (tertiary/aromatic N) is 1. The molecular formula is C16H22N2O3. The first-order valence-electron chi connectivity index (χ1n) is 7.52. The van der Waals surface area contributed by atoms with E-state index in [9.17, 15) is 4.79 Å². The fourth-order valence-electron chi connectivity index (χ4n) is 3.13. The van der Waals surface area contributed by atoms with Gasteiger partial charge in [0.15, 0.2) is 0 Å². The summed E-state index contributed by atoms with van der Waals surface area (Å²) in [6.45, 7) is 2.76. The van der Waals surface area contributed by atoms with E-state index in [1.54, 1.807) is 7.11 Å². The lowest BCUT2D eigenvalue weighted by Crippen LogP contribution is -2.55. The summed E-state index contributed by atoms with van der Waals surface area (Å²) in [5.41, 5.74) is 0.680. The van der Waals surface area contributed by atoms with E-state index in [0.29, 0.717) is 6.54 Å². The van der Waals surface area contributed by atoms with E-state index in [-0.39, 0.29) is 18.1 Å². The standard InChI is InChI=1S/C16H22N2O3/c1-20-14-5-2-4-13(10-14)18-12-16(21-11-15(18)19)6-3-8-17-9-7-16/h2,4-5,10,17H,3,6-9,11-12H2,1H3. The number of amides is 1. The van der Waals surface area contributed by atoms with Gasteiger partial charge in [0.2, 0.25) is 0 Å². The van der Waals surface area contributed by atoms with Gasteiger partial charge in [0.1, 0.15) is 12.4 Å². The molecule has 2 heterocycles. The fraction of sp³-hybridized carbons (Fsp3) is 0.562. The summed E-state index contributed by atoms with van der Waals surface area (Å²) < 4.78 is 11.2. The third kappa shape index (κ3) is 3.04. The highest BCUT2D eigenvalue weighted by Crippen LogP contribution is 2.32. The molecule has 2 aliphatic rings. The topological polar surface area (TPSA) is 50.8 Å². The van der Waals surface area contributed by atoms with Crippen LogP contribution in [0.3, 0.4) is 0 Å². The molecule has 0 aromatic heterocycles. The summed E-state index contributed by atoms with van der Waals surface area (Å²) in [5.74, 6) is 0.787. The number of hydrogen-bond acceptors (Lipinski definition) is 4. The number of morpholine rings is 1. The zero-order valence-corrected chi connectivity index (χ0v) is 12.4. The number of ether oxygens (including phenoxy) is 2. The minimum atomic E-state index is -0.208. The van der Waals surface area contributed by atoms with Crippen molar-refractivity contribution < 1.29 is 14.3 Å². The number of anilines is 1. The minimum Gasteiger partial charge on any atom is -0.497 e. The monoisotopic (exact) mass is 290 g/mol. The lowest BCUT2D eigenvalue weighted by molar-refractivity contribution is -0.139. The number of hydrogen-bond donors (Lipinski definition) is 1. The van der Waals surface area contributed by atoms with Crippen LogP contribution in [0.15, 0.2) is 24.3 Å². The van der Waals surface area contributed by atoms with Crippen molar-refractivity contribution in [3.63, 3.8) is 0 Å². The predicted octanol–water partition coefficient (Wildman–Crippen LogP) is 1.57. The molecule has 1 amide bonds. The Balaban J connectivity index is 1.84. The van der Waals surface area contributed by atoms with Gasteiger partial charge >= 0.3 is 0 Å². The fourth-order valence-corrected chi connectivity index (χ4v) is 3.13. The minimum absolute atomic E-state index is 0.0195. The van der Waals surface area contributed by atoms with E-state index in [0.717, 1.165) is 43.8 Å². The van der Waals surface area contributed by atoms with Crippen LogP contribution in [0.5, 0.6) is 5.75 Å². The van der Waals surface area contributed by atoms with Crippen molar-refractivity contribution in [3.8, 4) is 5.75 Å². The molecule has 1 aromatic carbocycles. The number of benzene rings is 1. The Bertz CT molecular complexity index is 510. The molecule has 0 aliphatic carbocycles. The molecule has 5 heteroatoms. The van der Waals surface area contributed by atoms with Crippen molar-refractivity contribution in [1.29, 1.82) is 0 Å². The first kappa shape index (κ1) is 14.4. The van der Waals surface area contributed by atoms with Crippen molar-refractivity contribution in [1.82, 2.24) is 5.32 Å². The van der Waals surface area contributed by atoms with Crippen LogP contribution in [0.2, 0.25) is 0 Å². The van der Waals surface area contributed by atoms with Gasteiger partial charge in [0, 0.05) is 11.8 Å². The zero-order valence-electron chi connectivity index (χ0n) is 12.4. The van der Waals surface area contributed by atoms with Crippen LogP contribution in [-0.4, -0.2) is 44.9 Å². The Hall–Kier alpha value is -1.59. The van der Waals surface area contributed by atoms with Gasteiger partial charge in [-0.2, -0.15) is 0 Å². The Morgan fingerprint density at radius 1 is 1.33 bits per heavy atom. The molecule has 1 N–H and O–H groups in total. The molecule has 2 fully saturated rings. The van der Waals surface area contributed by atoms with Gasteiger partial charge in [-0.15, -0.1) is 0 Å². The summed E-state index contributed by atoms with van der Waals surface area (Å²) in [6.07, 6.45) is 3.02. The molecule has 2 aliphatic heterocycles. The average Bonchev–Trinajstić information content (AvgIpc) is 2.76. The van der Waals surface area contributed by atoms with Gasteiger partial charge in [0.05, 0.1) is 19.3 Å². The van der Waals surface area contributed by atoms with Crippen LogP contribution in [-0.2, 0) is 9.53 Å². The van der Waals surface area contributed by atoms with Gasteiger partial charge < -0.3 is 19.7 Å². The average molecular weight is 290 g/mol. The third-order valence-corrected chi connectivity index (χ3v) is 4.36. The molecule has 2 saturated heterocycles. The molecule has 3 rings (SSSR count).